The summed E-state index contributed by atoms with van der Waals surface area (Å²) < 4.78 is -0.252. The van der Waals surface area contributed by atoms with Crippen molar-refractivity contribution >= 4 is 41.4 Å². The summed E-state index contributed by atoms with van der Waals surface area (Å²) in [6.07, 6.45) is 1.34. The van der Waals surface area contributed by atoms with Crippen LogP contribution in [0.15, 0.2) is 30.3 Å². The molecule has 3 atom stereocenters. The molecule has 3 rings (SSSR count). The summed E-state index contributed by atoms with van der Waals surface area (Å²) in [5, 5.41) is 22.1. The van der Waals surface area contributed by atoms with Crippen molar-refractivity contribution in [3.05, 3.63) is 35.9 Å². The minimum atomic E-state index is -1.02. The maximum absolute atomic E-state index is 13.0. The third kappa shape index (κ3) is 5.26. The van der Waals surface area contributed by atoms with Crippen LogP contribution in [0.3, 0.4) is 0 Å². The first-order valence-corrected chi connectivity index (χ1v) is 11.6. The minimum Gasteiger partial charge on any atom is -0.480 e. The van der Waals surface area contributed by atoms with Crippen molar-refractivity contribution in [3.63, 3.8) is 0 Å². The molecule has 0 radical (unpaired) electrons. The number of carboxylic acid groups (broad SMARTS) is 2. The van der Waals surface area contributed by atoms with Crippen LogP contribution in [0.1, 0.15) is 25.3 Å². The number of hydrogen-bond donors (Lipinski definition) is 3. The van der Waals surface area contributed by atoms with Gasteiger partial charge in [-0.15, -0.1) is 23.5 Å². The van der Waals surface area contributed by atoms with Gasteiger partial charge in [-0.3, -0.25) is 14.9 Å². The van der Waals surface area contributed by atoms with E-state index < -0.39 is 30.1 Å². The van der Waals surface area contributed by atoms with Gasteiger partial charge in [0.05, 0.1) is 10.1 Å². The molecule has 3 N–H and O–H groups in total. The Bertz CT molecular complexity index is 754. The highest BCUT2D eigenvalue weighted by Gasteiger charge is 2.52. The van der Waals surface area contributed by atoms with Crippen molar-refractivity contribution in [2.75, 3.05) is 18.1 Å². The van der Waals surface area contributed by atoms with Gasteiger partial charge < -0.3 is 15.1 Å². The second kappa shape index (κ2) is 9.40. The molecule has 1 aromatic rings. The van der Waals surface area contributed by atoms with Gasteiger partial charge in [0.15, 0.2) is 0 Å². The molecule has 1 aromatic carbocycles. The van der Waals surface area contributed by atoms with E-state index in [0.29, 0.717) is 25.8 Å². The minimum absolute atomic E-state index is 0.252. The lowest BCUT2D eigenvalue weighted by molar-refractivity contribution is -0.149. The lowest BCUT2D eigenvalue weighted by Crippen LogP contribution is -2.53. The smallest absolute Gasteiger partial charge is 0.326 e. The Hall–Kier alpha value is -1.71. The van der Waals surface area contributed by atoms with Gasteiger partial charge in [-0.1, -0.05) is 30.3 Å². The average Bonchev–Trinajstić information content (AvgIpc) is 3.32. The summed E-state index contributed by atoms with van der Waals surface area (Å²) in [5.74, 6) is -0.473. The molecule has 2 heterocycles. The first-order valence-electron chi connectivity index (χ1n) is 9.65. The van der Waals surface area contributed by atoms with Gasteiger partial charge in [-0.05, 0) is 25.3 Å². The third-order valence-electron chi connectivity index (χ3n) is 5.36. The first kappa shape index (κ1) is 22.0. The molecule has 0 aliphatic carbocycles. The van der Waals surface area contributed by atoms with Gasteiger partial charge in [0.2, 0.25) is 5.91 Å². The van der Waals surface area contributed by atoms with Gasteiger partial charge in [0.25, 0.3) is 0 Å². The van der Waals surface area contributed by atoms with Crippen LogP contribution in [-0.2, 0) is 20.8 Å². The molecule has 2 fully saturated rings. The maximum atomic E-state index is 13.0. The topological polar surface area (TPSA) is 107 Å². The van der Waals surface area contributed by atoms with Crippen LogP contribution in [0.25, 0.3) is 0 Å². The van der Waals surface area contributed by atoms with Crippen molar-refractivity contribution in [2.45, 2.75) is 48.4 Å². The number of likely N-dealkylation sites (tertiary alicyclic amines) is 1. The maximum Gasteiger partial charge on any atom is 0.326 e. The number of aliphatic carboxylic acids is 2. The van der Waals surface area contributed by atoms with Crippen molar-refractivity contribution in [2.24, 2.45) is 0 Å². The Kier molecular flexibility index (Phi) is 7.13. The Labute approximate surface area is 178 Å². The second-order valence-electron chi connectivity index (χ2n) is 7.44. The molecule has 1 spiro atoms. The van der Waals surface area contributed by atoms with Gasteiger partial charge in [0, 0.05) is 24.5 Å². The number of rotatable bonds is 8. The van der Waals surface area contributed by atoms with Crippen molar-refractivity contribution in [1.29, 1.82) is 0 Å². The number of nitrogens with one attached hydrogen (secondary N) is 1. The summed E-state index contributed by atoms with van der Waals surface area (Å²) in [7, 11) is 0. The molecule has 2 aliphatic rings. The average molecular weight is 439 g/mol. The second-order valence-corrected chi connectivity index (χ2v) is 10.7. The van der Waals surface area contributed by atoms with Crippen molar-refractivity contribution < 1.29 is 24.6 Å². The predicted molar refractivity (Wildman–Crippen MR) is 114 cm³/mol. The third-order valence-corrected chi connectivity index (χ3v) is 8.78. The highest BCUT2D eigenvalue weighted by molar-refractivity contribution is 8.21. The Morgan fingerprint density at radius 1 is 1.21 bits per heavy atom. The molecular formula is C20H26N2O5S2. The standard InChI is InChI=1S/C20H26N2O5S2/c1-13(21-15(18(24)25)8-7-14-5-3-2-4-6-14)17(23)22-12-20(28-9-10-29-20)11-16(22)19(26)27/h2-6,13,15-16,21H,7-12H2,1H3,(H,24,25)(H,26,27)/t13-,15?,16?/m0/s1. The summed E-state index contributed by atoms with van der Waals surface area (Å²) in [6.45, 7) is 1.99. The van der Waals surface area contributed by atoms with Crippen LogP contribution >= 0.6 is 23.5 Å². The van der Waals surface area contributed by atoms with E-state index >= 15 is 0 Å². The Morgan fingerprint density at radius 2 is 1.86 bits per heavy atom. The summed E-state index contributed by atoms with van der Waals surface area (Å²) in [6, 6.07) is 7.05. The molecule has 0 saturated carbocycles. The van der Waals surface area contributed by atoms with Gasteiger partial charge >= 0.3 is 11.9 Å². The number of thioether (sulfide) groups is 2. The number of benzene rings is 1. The van der Waals surface area contributed by atoms with Crippen LogP contribution in [-0.4, -0.2) is 73.2 Å². The predicted octanol–water partition coefficient (Wildman–Crippen LogP) is 1.91. The fourth-order valence-corrected chi connectivity index (χ4v) is 7.11. The van der Waals surface area contributed by atoms with Crippen molar-refractivity contribution in [1.82, 2.24) is 10.2 Å². The molecule has 158 valence electrons. The van der Waals surface area contributed by atoms with E-state index in [4.69, 9.17) is 0 Å². The number of nitrogens with zero attached hydrogens (tertiary/aromatic N) is 1. The van der Waals surface area contributed by atoms with Gasteiger partial charge in [0.1, 0.15) is 12.1 Å². The van der Waals surface area contributed by atoms with E-state index in [2.05, 4.69) is 5.32 Å². The largest absolute Gasteiger partial charge is 0.480 e. The number of aryl methyl sites for hydroxylation is 1. The molecule has 0 bridgehead atoms. The lowest BCUT2D eigenvalue weighted by atomic mass is 10.0. The quantitative estimate of drug-likeness (QED) is 0.565. The zero-order chi connectivity index (χ0) is 21.0. The monoisotopic (exact) mass is 438 g/mol. The van der Waals surface area contributed by atoms with E-state index in [-0.39, 0.29) is 9.99 Å². The number of carboxylic acids is 2. The lowest BCUT2D eigenvalue weighted by Gasteiger charge is -2.28. The summed E-state index contributed by atoms with van der Waals surface area (Å²) in [5.41, 5.74) is 1.03. The molecule has 2 aliphatic heterocycles. The van der Waals surface area contributed by atoms with Crippen molar-refractivity contribution in [3.8, 4) is 0 Å². The fraction of sp³-hybridized carbons (Fsp3) is 0.550. The normalized spacial score (nSPS) is 22.5. The zero-order valence-electron chi connectivity index (χ0n) is 16.2. The summed E-state index contributed by atoms with van der Waals surface area (Å²) >= 11 is 3.44. The van der Waals surface area contributed by atoms with Crippen LogP contribution in [0.4, 0.5) is 0 Å². The van der Waals surface area contributed by atoms with E-state index in [1.807, 2.05) is 30.3 Å². The fourth-order valence-electron chi connectivity index (χ4n) is 3.85. The zero-order valence-corrected chi connectivity index (χ0v) is 17.9. The molecule has 1 amide bonds. The molecule has 7 nitrogen and oxygen atoms in total. The van der Waals surface area contributed by atoms with E-state index in [0.717, 1.165) is 17.1 Å². The first-order chi connectivity index (χ1) is 13.8. The van der Waals surface area contributed by atoms with Gasteiger partial charge in [-0.2, -0.15) is 0 Å². The number of amides is 1. The molecule has 2 unspecified atom stereocenters. The number of carbonyl (C=O) groups excluding carboxylic acids is 1. The van der Waals surface area contributed by atoms with Crippen LogP contribution in [0.5, 0.6) is 0 Å². The highest BCUT2D eigenvalue weighted by atomic mass is 32.2. The molecule has 2 saturated heterocycles. The van der Waals surface area contributed by atoms with E-state index in [1.54, 1.807) is 30.4 Å². The summed E-state index contributed by atoms with van der Waals surface area (Å²) in [4.78, 5) is 37.9. The van der Waals surface area contributed by atoms with Crippen LogP contribution in [0, 0.1) is 0 Å². The van der Waals surface area contributed by atoms with Gasteiger partial charge in [-0.25, -0.2) is 4.79 Å². The van der Waals surface area contributed by atoms with Crippen LogP contribution < -0.4 is 5.32 Å². The molecule has 29 heavy (non-hydrogen) atoms. The SMILES string of the molecule is C[C@H](NC(CCc1ccccc1)C(=O)O)C(=O)N1CC2(CC1C(=O)O)SCCS2. The molecule has 0 aromatic heterocycles. The highest BCUT2D eigenvalue weighted by Crippen LogP contribution is 2.51. The Morgan fingerprint density at radius 3 is 2.45 bits per heavy atom. The Balaban J connectivity index is 1.64. The van der Waals surface area contributed by atoms with E-state index in [1.165, 1.54) is 4.90 Å². The molecular weight excluding hydrogens is 412 g/mol. The number of hydrogen-bond acceptors (Lipinski definition) is 6. The van der Waals surface area contributed by atoms with E-state index in [9.17, 15) is 24.6 Å². The molecule has 9 heteroatoms. The number of carbonyl (C=O) groups is 3. The van der Waals surface area contributed by atoms with Crippen LogP contribution in [0.2, 0.25) is 0 Å².